The lowest BCUT2D eigenvalue weighted by Crippen LogP contribution is -2.41. The minimum absolute atomic E-state index is 0.0362. The molecule has 1 heterocycles. The molecule has 1 amide bonds. The average Bonchev–Trinajstić information content (AvgIpc) is 3.20. The Morgan fingerprint density at radius 1 is 1.09 bits per heavy atom. The number of hydrogen-bond acceptors (Lipinski definition) is 5. The van der Waals surface area contributed by atoms with E-state index in [1.807, 2.05) is 29.2 Å². The van der Waals surface area contributed by atoms with Gasteiger partial charge in [-0.2, -0.15) is 0 Å². The van der Waals surface area contributed by atoms with E-state index in [9.17, 15) is 9.18 Å². The van der Waals surface area contributed by atoms with E-state index in [0.717, 1.165) is 30.9 Å². The SMILES string of the molecule is COCCN(CC1CN(Cc2ccc(F)cc2)CC1c1cccc(OC)c1)C(=O)COC. The summed E-state index contributed by atoms with van der Waals surface area (Å²) in [6.45, 7) is 4.10. The first-order chi connectivity index (χ1) is 15.5. The monoisotopic (exact) mass is 444 g/mol. The highest BCUT2D eigenvalue weighted by molar-refractivity contribution is 5.77. The van der Waals surface area contributed by atoms with E-state index in [4.69, 9.17) is 14.2 Å². The molecule has 1 saturated heterocycles. The Hall–Kier alpha value is -2.48. The van der Waals surface area contributed by atoms with Crippen LogP contribution >= 0.6 is 0 Å². The second-order valence-electron chi connectivity index (χ2n) is 8.23. The summed E-state index contributed by atoms with van der Waals surface area (Å²) in [4.78, 5) is 16.9. The fourth-order valence-electron chi connectivity index (χ4n) is 4.39. The summed E-state index contributed by atoms with van der Waals surface area (Å²) in [5, 5.41) is 0. The second-order valence-corrected chi connectivity index (χ2v) is 8.23. The second kappa shape index (κ2) is 11.9. The van der Waals surface area contributed by atoms with Crippen molar-refractivity contribution in [1.29, 1.82) is 0 Å². The fraction of sp³-hybridized carbons (Fsp3) is 0.480. The van der Waals surface area contributed by atoms with Gasteiger partial charge in [0.1, 0.15) is 18.2 Å². The van der Waals surface area contributed by atoms with E-state index in [-0.39, 0.29) is 30.2 Å². The van der Waals surface area contributed by atoms with E-state index < -0.39 is 0 Å². The Morgan fingerprint density at radius 2 is 1.88 bits per heavy atom. The van der Waals surface area contributed by atoms with Gasteiger partial charge < -0.3 is 19.1 Å². The molecule has 174 valence electrons. The molecular formula is C25H33FN2O4. The lowest BCUT2D eigenvalue weighted by molar-refractivity contribution is -0.136. The van der Waals surface area contributed by atoms with Gasteiger partial charge in [-0.05, 0) is 41.3 Å². The molecule has 1 aliphatic heterocycles. The smallest absolute Gasteiger partial charge is 0.248 e. The Labute approximate surface area is 189 Å². The highest BCUT2D eigenvalue weighted by Gasteiger charge is 2.35. The van der Waals surface area contributed by atoms with Crippen LogP contribution in [0, 0.1) is 11.7 Å². The van der Waals surface area contributed by atoms with Crippen LogP contribution < -0.4 is 4.74 Å². The van der Waals surface area contributed by atoms with Crippen LogP contribution in [0.4, 0.5) is 4.39 Å². The lowest BCUT2D eigenvalue weighted by atomic mass is 9.88. The molecule has 0 radical (unpaired) electrons. The van der Waals surface area contributed by atoms with Crippen LogP contribution in [0.2, 0.25) is 0 Å². The Balaban J connectivity index is 1.80. The predicted molar refractivity (Wildman–Crippen MR) is 121 cm³/mol. The highest BCUT2D eigenvalue weighted by atomic mass is 19.1. The quantitative estimate of drug-likeness (QED) is 0.533. The van der Waals surface area contributed by atoms with Gasteiger partial charge >= 0.3 is 0 Å². The summed E-state index contributed by atoms with van der Waals surface area (Å²) in [6, 6.07) is 14.8. The molecule has 1 aliphatic rings. The maximum Gasteiger partial charge on any atom is 0.248 e. The van der Waals surface area contributed by atoms with Crippen molar-refractivity contribution in [3.05, 3.63) is 65.5 Å². The number of nitrogens with zero attached hydrogens (tertiary/aromatic N) is 2. The molecule has 2 aromatic carbocycles. The van der Waals surface area contributed by atoms with Crippen molar-refractivity contribution in [2.24, 2.45) is 5.92 Å². The molecule has 0 aliphatic carbocycles. The minimum Gasteiger partial charge on any atom is -0.497 e. The summed E-state index contributed by atoms with van der Waals surface area (Å²) in [5.74, 6) is 1.04. The number of carbonyl (C=O) groups is 1. The van der Waals surface area contributed by atoms with Crippen molar-refractivity contribution in [2.75, 3.05) is 60.7 Å². The summed E-state index contributed by atoms with van der Waals surface area (Å²) < 4.78 is 29.1. The van der Waals surface area contributed by atoms with Crippen molar-refractivity contribution in [2.45, 2.75) is 12.5 Å². The van der Waals surface area contributed by atoms with E-state index in [0.29, 0.717) is 19.7 Å². The zero-order valence-corrected chi connectivity index (χ0v) is 19.1. The van der Waals surface area contributed by atoms with Crippen molar-refractivity contribution >= 4 is 5.91 Å². The molecule has 2 atom stereocenters. The van der Waals surface area contributed by atoms with Crippen LogP contribution in [-0.4, -0.2) is 76.4 Å². The molecule has 1 fully saturated rings. The molecule has 3 rings (SSSR count). The number of ether oxygens (including phenoxy) is 3. The topological polar surface area (TPSA) is 51.2 Å². The van der Waals surface area contributed by atoms with E-state index in [2.05, 4.69) is 17.0 Å². The molecule has 0 saturated carbocycles. The van der Waals surface area contributed by atoms with Crippen LogP contribution in [0.3, 0.4) is 0 Å². The number of benzene rings is 2. The molecule has 7 heteroatoms. The summed E-state index contributed by atoms with van der Waals surface area (Å²) in [6.07, 6.45) is 0. The third-order valence-electron chi connectivity index (χ3n) is 6.00. The molecular weight excluding hydrogens is 411 g/mol. The third-order valence-corrected chi connectivity index (χ3v) is 6.00. The number of likely N-dealkylation sites (tertiary alicyclic amines) is 1. The maximum absolute atomic E-state index is 13.3. The third kappa shape index (κ3) is 6.51. The number of rotatable bonds is 11. The fourth-order valence-corrected chi connectivity index (χ4v) is 4.39. The number of halogens is 1. The lowest BCUT2D eigenvalue weighted by Gasteiger charge is -2.28. The molecule has 0 aromatic heterocycles. The largest absolute Gasteiger partial charge is 0.497 e. The zero-order chi connectivity index (χ0) is 22.9. The molecule has 0 bridgehead atoms. The minimum atomic E-state index is -0.229. The van der Waals surface area contributed by atoms with Gasteiger partial charge in [0.2, 0.25) is 5.91 Å². The van der Waals surface area contributed by atoms with Gasteiger partial charge in [0.25, 0.3) is 0 Å². The number of carbonyl (C=O) groups excluding carboxylic acids is 1. The first kappa shape index (κ1) is 24.2. The van der Waals surface area contributed by atoms with E-state index in [1.54, 1.807) is 14.2 Å². The molecule has 2 aromatic rings. The van der Waals surface area contributed by atoms with Crippen molar-refractivity contribution < 1.29 is 23.4 Å². The first-order valence-electron chi connectivity index (χ1n) is 10.9. The summed E-state index contributed by atoms with van der Waals surface area (Å²) >= 11 is 0. The Bertz CT molecular complexity index is 861. The maximum atomic E-state index is 13.3. The van der Waals surface area contributed by atoms with Gasteiger partial charge in [-0.3, -0.25) is 9.69 Å². The van der Waals surface area contributed by atoms with Crippen molar-refractivity contribution in [1.82, 2.24) is 9.80 Å². The first-order valence-corrected chi connectivity index (χ1v) is 10.9. The Kier molecular flexibility index (Phi) is 9.02. The average molecular weight is 445 g/mol. The van der Waals surface area contributed by atoms with Crippen molar-refractivity contribution in [3.8, 4) is 5.75 Å². The van der Waals surface area contributed by atoms with Crippen LogP contribution in [0.15, 0.2) is 48.5 Å². The standard InChI is InChI=1S/C25H33FN2O4/c1-30-12-11-28(25(29)18-31-2)16-21-15-27(14-19-7-9-22(26)10-8-19)17-24(21)20-5-4-6-23(13-20)32-3/h4-10,13,21,24H,11-12,14-18H2,1-3H3. The number of hydrogen-bond donors (Lipinski definition) is 0. The summed E-state index contributed by atoms with van der Waals surface area (Å²) in [7, 11) is 4.84. The summed E-state index contributed by atoms with van der Waals surface area (Å²) in [5.41, 5.74) is 2.27. The van der Waals surface area contributed by atoms with Gasteiger partial charge in [0, 0.05) is 52.9 Å². The number of amides is 1. The van der Waals surface area contributed by atoms with E-state index in [1.165, 1.54) is 24.8 Å². The Morgan fingerprint density at radius 3 is 2.56 bits per heavy atom. The van der Waals surface area contributed by atoms with Crippen LogP contribution in [-0.2, 0) is 20.8 Å². The molecule has 32 heavy (non-hydrogen) atoms. The molecule has 0 N–H and O–H groups in total. The highest BCUT2D eigenvalue weighted by Crippen LogP contribution is 2.35. The molecule has 2 unspecified atom stereocenters. The zero-order valence-electron chi connectivity index (χ0n) is 19.1. The van der Waals surface area contributed by atoms with Crippen LogP contribution in [0.5, 0.6) is 5.75 Å². The molecule has 0 spiro atoms. The number of methoxy groups -OCH3 is 3. The normalized spacial score (nSPS) is 18.6. The van der Waals surface area contributed by atoms with Crippen molar-refractivity contribution in [3.63, 3.8) is 0 Å². The van der Waals surface area contributed by atoms with Gasteiger partial charge in [-0.25, -0.2) is 4.39 Å². The van der Waals surface area contributed by atoms with E-state index >= 15 is 0 Å². The van der Waals surface area contributed by atoms with Gasteiger partial charge in [0.05, 0.1) is 13.7 Å². The van der Waals surface area contributed by atoms with Crippen LogP contribution in [0.1, 0.15) is 17.0 Å². The van der Waals surface area contributed by atoms with Gasteiger partial charge in [-0.1, -0.05) is 24.3 Å². The van der Waals surface area contributed by atoms with Crippen LogP contribution in [0.25, 0.3) is 0 Å². The predicted octanol–water partition coefficient (Wildman–Crippen LogP) is 3.17. The van der Waals surface area contributed by atoms with Gasteiger partial charge in [0.15, 0.2) is 0 Å². The van der Waals surface area contributed by atoms with Gasteiger partial charge in [-0.15, -0.1) is 0 Å². The molecule has 6 nitrogen and oxygen atoms in total.